The third-order valence-corrected chi connectivity index (χ3v) is 13.1. The molecule has 2 aromatic heterocycles. The zero-order chi connectivity index (χ0) is 38.7. The number of fused-ring (bicyclic) bond motifs is 4. The van der Waals surface area contributed by atoms with E-state index < -0.39 is 67.1 Å². The number of pyridine rings is 1. The van der Waals surface area contributed by atoms with Crippen molar-refractivity contribution in [1.82, 2.24) is 35.2 Å². The number of ether oxygens (including phenoxy) is 1. The molecule has 0 bridgehead atoms. The molecule has 16 heteroatoms. The summed E-state index contributed by atoms with van der Waals surface area (Å²) >= 11 is 2.02. The van der Waals surface area contributed by atoms with Crippen molar-refractivity contribution in [2.24, 2.45) is 0 Å². The summed E-state index contributed by atoms with van der Waals surface area (Å²) in [6, 6.07) is 12.0. The van der Waals surface area contributed by atoms with Crippen LogP contribution in [0.2, 0.25) is 0 Å². The van der Waals surface area contributed by atoms with Crippen molar-refractivity contribution in [3.8, 4) is 5.88 Å². The number of aryl methyl sites for hydroxylation is 1. The molecule has 3 aliphatic rings. The predicted octanol–water partition coefficient (Wildman–Crippen LogP) is 4.05. The van der Waals surface area contributed by atoms with Crippen molar-refractivity contribution in [2.45, 2.75) is 91.7 Å². The second kappa shape index (κ2) is 16.6. The van der Waals surface area contributed by atoms with E-state index in [-0.39, 0.29) is 18.7 Å². The number of hydrogen-bond donors (Lipinski definition) is 3. The number of benzene rings is 2. The maximum atomic E-state index is 14.6. The van der Waals surface area contributed by atoms with Crippen LogP contribution in [-0.4, -0.2) is 91.8 Å². The lowest BCUT2D eigenvalue weighted by Gasteiger charge is -2.30. The van der Waals surface area contributed by atoms with E-state index in [1.807, 2.05) is 77.2 Å². The minimum atomic E-state index is -3.91. The standard InChI is InChI=1S/C39H42IN7O7S/c1-23-20-42-32(21-41-23)35(48)43-31-16-6-4-2-3-5-14-29(40)34(37(50)46-55(52,53)25-17-18-25)45-36(49)33-19-24(22-47(33)39(31)51)54-38-28-13-8-7-11-26(28)27-12-9-10-15-30(27)44-38/h5,7-15,20-21,24-25,29,31,33-34H,2-4,6,16-19,22H2,1H3,(H,43,48)(H,45,49)(H,46,50)/b14-5-/t24-,29?,31+,33+,34?/m1/s1. The van der Waals surface area contributed by atoms with Crippen LogP contribution >= 0.6 is 22.6 Å². The van der Waals surface area contributed by atoms with Gasteiger partial charge in [0.05, 0.1) is 33.1 Å². The van der Waals surface area contributed by atoms with Gasteiger partial charge in [-0.2, -0.15) is 0 Å². The minimum Gasteiger partial charge on any atom is -0.472 e. The van der Waals surface area contributed by atoms with Gasteiger partial charge in [-0.1, -0.05) is 84.0 Å². The third kappa shape index (κ3) is 8.90. The van der Waals surface area contributed by atoms with Gasteiger partial charge in [-0.15, -0.1) is 0 Å². The molecular weight excluding hydrogens is 837 g/mol. The number of halogens is 1. The molecule has 2 aromatic carbocycles. The van der Waals surface area contributed by atoms with Gasteiger partial charge in [0.25, 0.3) is 11.8 Å². The van der Waals surface area contributed by atoms with Crippen LogP contribution in [0.3, 0.4) is 0 Å². The van der Waals surface area contributed by atoms with Gasteiger partial charge >= 0.3 is 0 Å². The summed E-state index contributed by atoms with van der Waals surface area (Å²) in [6.45, 7) is 1.73. The Kier molecular flexibility index (Phi) is 11.6. The second-order valence-corrected chi connectivity index (χ2v) is 17.6. The third-order valence-electron chi connectivity index (χ3n) is 10.1. The lowest BCUT2D eigenvalue weighted by molar-refractivity contribution is -0.140. The molecule has 7 rings (SSSR count). The Balaban J connectivity index is 1.22. The molecule has 2 aliphatic heterocycles. The normalized spacial score (nSPS) is 24.6. The first kappa shape index (κ1) is 38.6. The summed E-state index contributed by atoms with van der Waals surface area (Å²) in [5.41, 5.74) is 1.40. The molecule has 0 spiro atoms. The number of amides is 4. The molecule has 1 saturated carbocycles. The number of aromatic nitrogens is 3. The van der Waals surface area contributed by atoms with Gasteiger partial charge in [0.15, 0.2) is 0 Å². The number of carbonyl (C=O) groups excluding carboxylic acids is 4. The molecule has 4 amide bonds. The molecule has 55 heavy (non-hydrogen) atoms. The van der Waals surface area contributed by atoms with Crippen LogP contribution in [-0.2, 0) is 24.4 Å². The first-order valence-corrected chi connectivity index (χ1v) is 21.3. The number of hydrogen-bond acceptors (Lipinski definition) is 10. The van der Waals surface area contributed by atoms with Crippen LogP contribution in [0, 0.1) is 6.92 Å². The zero-order valence-electron chi connectivity index (χ0n) is 30.2. The zero-order valence-corrected chi connectivity index (χ0v) is 33.2. The average Bonchev–Trinajstić information content (AvgIpc) is 3.96. The number of para-hydroxylation sites is 1. The van der Waals surface area contributed by atoms with Crippen molar-refractivity contribution in [3.05, 3.63) is 84.5 Å². The predicted molar refractivity (Wildman–Crippen MR) is 214 cm³/mol. The van der Waals surface area contributed by atoms with Crippen LogP contribution in [0.25, 0.3) is 21.7 Å². The summed E-state index contributed by atoms with van der Waals surface area (Å²) < 4.78 is 33.8. The van der Waals surface area contributed by atoms with Crippen molar-refractivity contribution in [2.75, 3.05) is 6.54 Å². The van der Waals surface area contributed by atoms with Gasteiger partial charge in [0.2, 0.25) is 27.7 Å². The summed E-state index contributed by atoms with van der Waals surface area (Å²) in [4.78, 5) is 70.6. The Hall–Kier alpha value is -4.71. The highest BCUT2D eigenvalue weighted by molar-refractivity contribution is 14.1. The molecule has 1 saturated heterocycles. The Bertz CT molecular complexity index is 2250. The first-order valence-electron chi connectivity index (χ1n) is 18.5. The van der Waals surface area contributed by atoms with E-state index in [4.69, 9.17) is 9.72 Å². The monoisotopic (exact) mass is 879 g/mol. The van der Waals surface area contributed by atoms with E-state index >= 15 is 0 Å². The Morgan fingerprint density at radius 3 is 2.44 bits per heavy atom. The Morgan fingerprint density at radius 1 is 0.945 bits per heavy atom. The number of allylic oxidation sites excluding steroid dienone is 1. The summed E-state index contributed by atoms with van der Waals surface area (Å²) in [7, 11) is -3.91. The van der Waals surface area contributed by atoms with Crippen LogP contribution in [0.5, 0.6) is 5.88 Å². The quantitative estimate of drug-likeness (QED) is 0.106. The van der Waals surface area contributed by atoms with Crippen LogP contribution in [0.15, 0.2) is 73.1 Å². The molecular formula is C39H42IN7O7S. The Morgan fingerprint density at radius 2 is 1.69 bits per heavy atom. The first-order chi connectivity index (χ1) is 26.5. The van der Waals surface area contributed by atoms with E-state index in [1.54, 1.807) is 13.0 Å². The van der Waals surface area contributed by atoms with Crippen LogP contribution in [0.4, 0.5) is 0 Å². The van der Waals surface area contributed by atoms with E-state index in [0.717, 1.165) is 34.5 Å². The smallest absolute Gasteiger partial charge is 0.272 e. The highest BCUT2D eigenvalue weighted by atomic mass is 127. The summed E-state index contributed by atoms with van der Waals surface area (Å²) in [5, 5.41) is 7.64. The lowest BCUT2D eigenvalue weighted by Crippen LogP contribution is -2.58. The molecule has 1 aliphatic carbocycles. The fraction of sp³-hybridized carbons (Fsp3) is 0.410. The van der Waals surface area contributed by atoms with Gasteiger partial charge in [0.1, 0.15) is 29.9 Å². The maximum absolute atomic E-state index is 14.6. The topological polar surface area (TPSA) is 190 Å². The molecule has 14 nitrogen and oxygen atoms in total. The number of rotatable bonds is 7. The van der Waals surface area contributed by atoms with Crippen molar-refractivity contribution in [3.63, 3.8) is 0 Å². The lowest BCUT2D eigenvalue weighted by atomic mass is 10.0. The number of nitrogens with zero attached hydrogens (tertiary/aromatic N) is 4. The fourth-order valence-corrected chi connectivity index (χ4v) is 9.16. The van der Waals surface area contributed by atoms with Gasteiger partial charge in [-0.3, -0.25) is 28.9 Å². The van der Waals surface area contributed by atoms with Gasteiger partial charge < -0.3 is 20.3 Å². The highest BCUT2D eigenvalue weighted by Gasteiger charge is 2.45. The highest BCUT2D eigenvalue weighted by Crippen LogP contribution is 2.33. The molecule has 4 heterocycles. The number of carbonyl (C=O) groups is 4. The van der Waals surface area contributed by atoms with E-state index in [0.29, 0.717) is 43.7 Å². The van der Waals surface area contributed by atoms with E-state index in [2.05, 4.69) is 25.3 Å². The number of alkyl halides is 1. The molecule has 288 valence electrons. The van der Waals surface area contributed by atoms with Gasteiger partial charge in [0, 0.05) is 23.4 Å². The maximum Gasteiger partial charge on any atom is 0.272 e. The SMILES string of the molecule is Cc1cnc(C(=O)N[C@H]2CCCCC/C=C\C(I)C(C(=O)NS(=O)(=O)C3CC3)NC(=O)[C@@H]3C[C@@H](Oc4nc5ccccc5c5ccccc45)CN3C2=O)cn1. The molecule has 5 atom stereocenters. The van der Waals surface area contributed by atoms with Crippen molar-refractivity contribution >= 4 is 77.9 Å². The molecule has 4 aromatic rings. The van der Waals surface area contributed by atoms with E-state index in [1.165, 1.54) is 17.3 Å². The Labute approximate surface area is 332 Å². The van der Waals surface area contributed by atoms with Crippen molar-refractivity contribution < 1.29 is 32.3 Å². The second-order valence-electron chi connectivity index (χ2n) is 14.2. The van der Waals surface area contributed by atoms with Crippen LogP contribution < -0.4 is 20.1 Å². The molecule has 3 N–H and O–H groups in total. The molecule has 2 fully saturated rings. The number of sulfonamides is 1. The van der Waals surface area contributed by atoms with Gasteiger partial charge in [-0.25, -0.2) is 18.4 Å². The summed E-state index contributed by atoms with van der Waals surface area (Å²) in [5.74, 6) is -2.23. The molecule has 2 unspecified atom stereocenters. The molecule has 0 radical (unpaired) electrons. The average molecular weight is 880 g/mol. The van der Waals surface area contributed by atoms with E-state index in [9.17, 15) is 27.6 Å². The number of nitrogens with one attached hydrogen (secondary N) is 3. The van der Waals surface area contributed by atoms with Gasteiger partial charge in [-0.05, 0) is 56.5 Å². The van der Waals surface area contributed by atoms with Crippen LogP contribution in [0.1, 0.15) is 67.5 Å². The summed E-state index contributed by atoms with van der Waals surface area (Å²) in [6.07, 6.45) is 9.88. The van der Waals surface area contributed by atoms with Crippen molar-refractivity contribution in [1.29, 1.82) is 0 Å². The fourth-order valence-electron chi connectivity index (χ4n) is 7.02. The minimum absolute atomic E-state index is 0.0169. The largest absolute Gasteiger partial charge is 0.472 e.